The third kappa shape index (κ3) is 7.22. The molecule has 5 rings (SSSR count). The Labute approximate surface area is 252 Å². The number of nitrogens with zero attached hydrogens (tertiary/aromatic N) is 2. The highest BCUT2D eigenvalue weighted by Gasteiger charge is 2.35. The van der Waals surface area contributed by atoms with E-state index in [9.17, 15) is 31.5 Å². The third-order valence-electron chi connectivity index (χ3n) is 7.28. The first-order valence-electron chi connectivity index (χ1n) is 13.8. The largest absolute Gasteiger partial charge is 0.493 e. The van der Waals surface area contributed by atoms with Crippen LogP contribution in [0.15, 0.2) is 77.2 Å². The lowest BCUT2D eigenvalue weighted by atomic mass is 10.0. The van der Waals surface area contributed by atoms with E-state index in [-0.39, 0.29) is 19.0 Å². The minimum Gasteiger partial charge on any atom is -0.493 e. The van der Waals surface area contributed by atoms with Gasteiger partial charge in [0.15, 0.2) is 0 Å². The first kappa shape index (κ1) is 31.1. The molecule has 13 heteroatoms. The number of aliphatic carboxylic acids is 1. The maximum absolute atomic E-state index is 13.5. The minimum absolute atomic E-state index is 0.125. The number of alkyl halides is 3. The average molecular weight is 630 g/mol. The number of ether oxygens (including phenoxy) is 1. The van der Waals surface area contributed by atoms with E-state index >= 15 is 0 Å². The molecule has 0 saturated heterocycles. The van der Waals surface area contributed by atoms with Gasteiger partial charge in [0, 0.05) is 24.2 Å². The number of sulfonamides is 1. The smallest absolute Gasteiger partial charge is 0.416 e. The number of aromatic nitrogens is 1. The fourth-order valence-electron chi connectivity index (χ4n) is 4.95. The van der Waals surface area contributed by atoms with Gasteiger partial charge in [-0.25, -0.2) is 13.4 Å². The van der Waals surface area contributed by atoms with Crippen molar-refractivity contribution >= 4 is 21.7 Å². The second-order valence-electron chi connectivity index (χ2n) is 10.4. The first-order valence-corrected chi connectivity index (χ1v) is 15.3. The molecule has 9 nitrogen and oxygen atoms in total. The van der Waals surface area contributed by atoms with Crippen molar-refractivity contribution in [1.82, 2.24) is 9.29 Å². The number of halogens is 3. The van der Waals surface area contributed by atoms with E-state index in [1.807, 2.05) is 18.2 Å². The Balaban J connectivity index is 1.19. The maximum atomic E-state index is 13.5. The van der Waals surface area contributed by atoms with Gasteiger partial charge in [-0.2, -0.15) is 17.5 Å². The van der Waals surface area contributed by atoms with Crippen molar-refractivity contribution in [3.8, 4) is 17.2 Å². The number of aryl methyl sites for hydroxylation is 2. The molecule has 0 spiro atoms. The van der Waals surface area contributed by atoms with Crippen LogP contribution in [0, 0.1) is 6.92 Å². The lowest BCUT2D eigenvalue weighted by Crippen LogP contribution is -2.45. The summed E-state index contributed by atoms with van der Waals surface area (Å²) in [7, 11) is -4.00. The van der Waals surface area contributed by atoms with Crippen molar-refractivity contribution in [2.24, 2.45) is 0 Å². The number of carboxylic acids is 1. The van der Waals surface area contributed by atoms with Gasteiger partial charge in [-0.3, -0.25) is 4.79 Å². The van der Waals surface area contributed by atoms with Crippen LogP contribution in [0.1, 0.15) is 34.6 Å². The number of nitrogens with one attached hydrogen (secondary N) is 1. The monoisotopic (exact) mass is 629 g/mol. The summed E-state index contributed by atoms with van der Waals surface area (Å²) in [6.07, 6.45) is -3.18. The van der Waals surface area contributed by atoms with Crippen molar-refractivity contribution in [2.75, 3.05) is 18.5 Å². The Kier molecular flexibility index (Phi) is 8.97. The van der Waals surface area contributed by atoms with Gasteiger partial charge in [-0.05, 0) is 73.4 Å². The molecule has 1 aliphatic rings. The zero-order valence-electron chi connectivity index (χ0n) is 23.7. The summed E-state index contributed by atoms with van der Waals surface area (Å²) >= 11 is 0. The number of para-hydroxylation sites is 1. The molecule has 0 fully saturated rings. The summed E-state index contributed by atoms with van der Waals surface area (Å²) in [4.78, 5) is 16.0. The van der Waals surface area contributed by atoms with E-state index in [0.717, 1.165) is 27.7 Å². The average Bonchev–Trinajstić information content (AvgIpc) is 3.37. The molecule has 0 radical (unpaired) electrons. The highest BCUT2D eigenvalue weighted by atomic mass is 32.2. The number of carboxylic acid groups (broad SMARTS) is 1. The number of hydrogen-bond donors (Lipinski definition) is 2. The highest BCUT2D eigenvalue weighted by molar-refractivity contribution is 7.89. The van der Waals surface area contributed by atoms with E-state index in [0.29, 0.717) is 47.6 Å². The molecule has 3 aromatic carbocycles. The number of carbonyl (C=O) groups is 1. The number of anilines is 1. The maximum Gasteiger partial charge on any atom is 0.416 e. The molecule has 0 aliphatic carbocycles. The van der Waals surface area contributed by atoms with Gasteiger partial charge in [0.05, 0.1) is 17.9 Å². The van der Waals surface area contributed by atoms with Crippen LogP contribution in [0.3, 0.4) is 0 Å². The summed E-state index contributed by atoms with van der Waals surface area (Å²) in [6.45, 7) is 1.14. The standard InChI is InChI=1S/C31H30F3N3O6S/c1-20-26(36-30(43-20)23-8-11-24(12-9-23)31(32,33)34)16-17-42-25-13-6-21(7-14-25)18-37(19-29(38)39)44(40,41)28-15-10-22-4-2-3-5-27(22)35-28/h2-9,11-14,28,35H,10,15-19H2,1H3,(H,38,39). The number of fused-ring (bicyclic) bond motifs is 1. The van der Waals surface area contributed by atoms with Crippen LogP contribution in [0.2, 0.25) is 0 Å². The number of hydrogen-bond acceptors (Lipinski definition) is 7. The zero-order valence-corrected chi connectivity index (χ0v) is 24.5. The van der Waals surface area contributed by atoms with E-state index in [1.165, 1.54) is 12.1 Å². The Morgan fingerprint density at radius 3 is 2.48 bits per heavy atom. The predicted molar refractivity (Wildman–Crippen MR) is 156 cm³/mol. The molecule has 1 unspecified atom stereocenters. The van der Waals surface area contributed by atoms with Crippen molar-refractivity contribution in [3.05, 3.63) is 101 Å². The van der Waals surface area contributed by atoms with Crippen LogP contribution in [0.25, 0.3) is 11.5 Å². The van der Waals surface area contributed by atoms with Gasteiger partial charge in [-0.15, -0.1) is 0 Å². The Hall–Kier alpha value is -4.36. The fraction of sp³-hybridized carbons (Fsp3) is 0.290. The minimum atomic E-state index is -4.43. The van der Waals surface area contributed by atoms with Gasteiger partial charge in [-0.1, -0.05) is 30.3 Å². The molecule has 232 valence electrons. The number of benzene rings is 3. The lowest BCUT2D eigenvalue weighted by molar-refractivity contribution is -0.138. The molecule has 4 aromatic rings. The first-order chi connectivity index (χ1) is 20.9. The molecule has 44 heavy (non-hydrogen) atoms. The van der Waals surface area contributed by atoms with Crippen molar-refractivity contribution in [1.29, 1.82) is 0 Å². The summed E-state index contributed by atoms with van der Waals surface area (Å²) in [6, 6.07) is 18.7. The molecule has 0 amide bonds. The molecule has 1 atom stereocenters. The SMILES string of the molecule is Cc1oc(-c2ccc(C(F)(F)F)cc2)nc1CCOc1ccc(CN(CC(=O)O)S(=O)(=O)C2CCc3ccccc3N2)cc1. The van der Waals surface area contributed by atoms with Crippen LogP contribution in [-0.2, 0) is 40.4 Å². The van der Waals surface area contributed by atoms with Gasteiger partial charge in [0.25, 0.3) is 0 Å². The Morgan fingerprint density at radius 2 is 1.80 bits per heavy atom. The molecular formula is C31H30F3N3O6S. The van der Waals surface area contributed by atoms with Crippen LogP contribution < -0.4 is 10.1 Å². The third-order valence-corrected chi connectivity index (χ3v) is 9.33. The van der Waals surface area contributed by atoms with Crippen LogP contribution in [-0.4, -0.2) is 47.3 Å². The quantitative estimate of drug-likeness (QED) is 0.211. The van der Waals surface area contributed by atoms with Crippen molar-refractivity contribution < 1.29 is 40.6 Å². The molecule has 0 bridgehead atoms. The normalized spacial score (nSPS) is 15.1. The van der Waals surface area contributed by atoms with Crippen molar-refractivity contribution in [3.63, 3.8) is 0 Å². The van der Waals surface area contributed by atoms with E-state index in [2.05, 4.69) is 10.3 Å². The molecule has 0 saturated carbocycles. The molecule has 2 N–H and O–H groups in total. The van der Waals surface area contributed by atoms with Gasteiger partial charge >= 0.3 is 12.1 Å². The Morgan fingerprint density at radius 1 is 1.09 bits per heavy atom. The van der Waals surface area contributed by atoms with E-state index in [1.54, 1.807) is 37.3 Å². The fourth-order valence-corrected chi connectivity index (χ4v) is 6.62. The van der Waals surface area contributed by atoms with E-state index in [4.69, 9.17) is 9.15 Å². The van der Waals surface area contributed by atoms with Crippen LogP contribution >= 0.6 is 0 Å². The van der Waals surface area contributed by atoms with Crippen molar-refractivity contribution in [2.45, 2.75) is 44.3 Å². The van der Waals surface area contributed by atoms with Crippen LogP contribution in [0.4, 0.5) is 18.9 Å². The summed E-state index contributed by atoms with van der Waals surface area (Å²) in [5.74, 6) is -0.0102. The lowest BCUT2D eigenvalue weighted by Gasteiger charge is -2.31. The Bertz CT molecular complexity index is 1720. The molecule has 1 aliphatic heterocycles. The van der Waals surface area contributed by atoms with Gasteiger partial charge in [0.1, 0.15) is 23.4 Å². The molecular weight excluding hydrogens is 599 g/mol. The predicted octanol–water partition coefficient (Wildman–Crippen LogP) is 5.89. The topological polar surface area (TPSA) is 122 Å². The van der Waals surface area contributed by atoms with E-state index < -0.39 is 39.7 Å². The number of oxazole rings is 1. The highest BCUT2D eigenvalue weighted by Crippen LogP contribution is 2.32. The second kappa shape index (κ2) is 12.7. The summed E-state index contributed by atoms with van der Waals surface area (Å²) in [5, 5.41) is 11.5. The zero-order chi connectivity index (χ0) is 31.5. The van der Waals surface area contributed by atoms with Gasteiger partial charge in [0.2, 0.25) is 15.9 Å². The molecule has 2 heterocycles. The summed E-state index contributed by atoms with van der Waals surface area (Å²) < 4.78 is 77.9. The molecule has 1 aromatic heterocycles. The number of rotatable bonds is 11. The second-order valence-corrected chi connectivity index (χ2v) is 12.5. The van der Waals surface area contributed by atoms with Crippen LogP contribution in [0.5, 0.6) is 5.75 Å². The summed E-state index contributed by atoms with van der Waals surface area (Å²) in [5.41, 5.74) is 2.59. The van der Waals surface area contributed by atoms with Gasteiger partial charge < -0.3 is 19.6 Å².